The monoisotopic (exact) mass is 372 g/mol. The van der Waals surface area contributed by atoms with Crippen LogP contribution in [0.3, 0.4) is 0 Å². The van der Waals surface area contributed by atoms with E-state index in [1.165, 1.54) is 37.8 Å². The number of hydrogen-bond donors (Lipinski definition) is 1. The first-order chi connectivity index (χ1) is 13.2. The van der Waals surface area contributed by atoms with Gasteiger partial charge in [-0.1, -0.05) is 12.8 Å². The van der Waals surface area contributed by atoms with Crippen molar-refractivity contribution >= 4 is 0 Å². The Balaban J connectivity index is 1.39. The summed E-state index contributed by atoms with van der Waals surface area (Å²) >= 11 is 0. The van der Waals surface area contributed by atoms with E-state index in [4.69, 9.17) is 0 Å². The maximum absolute atomic E-state index is 13.1. The lowest BCUT2D eigenvalue weighted by atomic mass is 10.0. The van der Waals surface area contributed by atoms with Gasteiger partial charge in [-0.2, -0.15) is 5.10 Å². The Morgan fingerprint density at radius 3 is 2.63 bits per heavy atom. The Morgan fingerprint density at radius 1 is 1.11 bits per heavy atom. The fourth-order valence-electron chi connectivity index (χ4n) is 4.64. The summed E-state index contributed by atoms with van der Waals surface area (Å²) in [5.74, 6) is -0.235. The molecule has 0 unspecified atom stereocenters. The molecular formula is C21H29FN4O. The van der Waals surface area contributed by atoms with Crippen LogP contribution < -0.4 is 0 Å². The SMILES string of the molecule is OCC[C@H]1CN(Cc2cnn(-c3ccc(F)cc3)c2)CCN1C1CCCC1. The van der Waals surface area contributed by atoms with Crippen LogP contribution in [0, 0.1) is 5.82 Å². The van der Waals surface area contributed by atoms with Crippen molar-refractivity contribution in [2.24, 2.45) is 0 Å². The van der Waals surface area contributed by atoms with Gasteiger partial charge in [0.25, 0.3) is 0 Å². The van der Waals surface area contributed by atoms with Gasteiger partial charge in [0.1, 0.15) is 5.82 Å². The van der Waals surface area contributed by atoms with Crippen LogP contribution in [0.4, 0.5) is 4.39 Å². The minimum absolute atomic E-state index is 0.235. The molecule has 0 amide bonds. The second-order valence-electron chi connectivity index (χ2n) is 7.85. The lowest BCUT2D eigenvalue weighted by Gasteiger charge is -2.44. The van der Waals surface area contributed by atoms with Gasteiger partial charge in [-0.15, -0.1) is 0 Å². The summed E-state index contributed by atoms with van der Waals surface area (Å²) < 4.78 is 14.9. The number of hydrogen-bond acceptors (Lipinski definition) is 4. The Labute approximate surface area is 160 Å². The lowest BCUT2D eigenvalue weighted by molar-refractivity contribution is 0.0267. The molecule has 2 fully saturated rings. The zero-order chi connectivity index (χ0) is 18.6. The van der Waals surface area contributed by atoms with E-state index in [9.17, 15) is 9.50 Å². The van der Waals surface area contributed by atoms with Crippen LogP contribution in [0.1, 0.15) is 37.7 Å². The topological polar surface area (TPSA) is 44.5 Å². The molecule has 1 aromatic heterocycles. The average Bonchev–Trinajstić information content (AvgIpc) is 3.35. The van der Waals surface area contributed by atoms with Crippen LogP contribution in [0.15, 0.2) is 36.7 Å². The molecule has 146 valence electrons. The quantitative estimate of drug-likeness (QED) is 0.847. The molecule has 2 aromatic rings. The number of halogens is 1. The third-order valence-corrected chi connectivity index (χ3v) is 6.00. The fourth-order valence-corrected chi connectivity index (χ4v) is 4.64. The largest absolute Gasteiger partial charge is 0.396 e. The number of nitrogens with zero attached hydrogens (tertiary/aromatic N) is 4. The number of aromatic nitrogens is 2. The number of rotatable bonds is 6. The zero-order valence-electron chi connectivity index (χ0n) is 15.8. The van der Waals surface area contributed by atoms with Gasteiger partial charge in [-0.3, -0.25) is 9.80 Å². The Hall–Kier alpha value is -1.76. The van der Waals surface area contributed by atoms with Crippen molar-refractivity contribution < 1.29 is 9.50 Å². The Bertz CT molecular complexity index is 726. The molecule has 0 bridgehead atoms. The first-order valence-corrected chi connectivity index (χ1v) is 10.1. The van der Waals surface area contributed by atoms with Crippen molar-refractivity contribution in [3.05, 3.63) is 48.0 Å². The van der Waals surface area contributed by atoms with E-state index in [1.807, 2.05) is 12.4 Å². The van der Waals surface area contributed by atoms with Gasteiger partial charge < -0.3 is 5.11 Å². The van der Waals surface area contributed by atoms with Crippen LogP contribution in [0.25, 0.3) is 5.69 Å². The van der Waals surface area contributed by atoms with E-state index < -0.39 is 0 Å². The van der Waals surface area contributed by atoms with Gasteiger partial charge >= 0.3 is 0 Å². The molecule has 2 aliphatic rings. The van der Waals surface area contributed by atoms with Crippen LogP contribution in [-0.2, 0) is 6.54 Å². The molecule has 27 heavy (non-hydrogen) atoms. The molecule has 1 atom stereocenters. The minimum atomic E-state index is -0.235. The summed E-state index contributed by atoms with van der Waals surface area (Å²) in [6.07, 6.45) is 10.1. The predicted molar refractivity (Wildman–Crippen MR) is 103 cm³/mol. The Morgan fingerprint density at radius 2 is 1.89 bits per heavy atom. The van der Waals surface area contributed by atoms with Gasteiger partial charge in [0.2, 0.25) is 0 Å². The molecule has 5 nitrogen and oxygen atoms in total. The maximum atomic E-state index is 13.1. The van der Waals surface area contributed by atoms with E-state index in [0.717, 1.165) is 43.9 Å². The van der Waals surface area contributed by atoms with Crippen LogP contribution >= 0.6 is 0 Å². The van der Waals surface area contributed by atoms with Crippen molar-refractivity contribution in [1.29, 1.82) is 0 Å². The zero-order valence-corrected chi connectivity index (χ0v) is 15.8. The molecule has 2 heterocycles. The van der Waals surface area contributed by atoms with Gasteiger partial charge in [0.05, 0.1) is 11.9 Å². The normalized spacial score (nSPS) is 22.5. The van der Waals surface area contributed by atoms with E-state index in [1.54, 1.807) is 16.8 Å². The van der Waals surface area contributed by atoms with Crippen molar-refractivity contribution in [1.82, 2.24) is 19.6 Å². The molecule has 4 rings (SSSR count). The van der Waals surface area contributed by atoms with Crippen molar-refractivity contribution in [3.63, 3.8) is 0 Å². The smallest absolute Gasteiger partial charge is 0.123 e. The molecule has 0 spiro atoms. The highest BCUT2D eigenvalue weighted by molar-refractivity contribution is 5.31. The standard InChI is InChI=1S/C21H29FN4O/c22-18-5-7-20(8-6-18)26-15-17(13-23-26)14-24-10-11-25(19-3-1-2-4-19)21(16-24)9-12-27/h5-8,13,15,19,21,27H,1-4,9-12,14,16H2/t21-/m0/s1. The fraction of sp³-hybridized carbons (Fsp3) is 0.571. The summed E-state index contributed by atoms with van der Waals surface area (Å²) in [6, 6.07) is 7.55. The molecule has 6 heteroatoms. The first kappa shape index (κ1) is 18.6. The van der Waals surface area contributed by atoms with Crippen LogP contribution in [0.5, 0.6) is 0 Å². The minimum Gasteiger partial charge on any atom is -0.396 e. The highest BCUT2D eigenvalue weighted by Gasteiger charge is 2.32. The second-order valence-corrected chi connectivity index (χ2v) is 7.85. The van der Waals surface area contributed by atoms with Gasteiger partial charge in [-0.25, -0.2) is 9.07 Å². The number of benzene rings is 1. The van der Waals surface area contributed by atoms with E-state index in [-0.39, 0.29) is 12.4 Å². The van der Waals surface area contributed by atoms with Crippen LogP contribution in [0.2, 0.25) is 0 Å². The van der Waals surface area contributed by atoms with Gasteiger partial charge in [0.15, 0.2) is 0 Å². The van der Waals surface area contributed by atoms with E-state index in [2.05, 4.69) is 14.9 Å². The summed E-state index contributed by atoms with van der Waals surface area (Å²) in [6.45, 7) is 4.26. The highest BCUT2D eigenvalue weighted by atomic mass is 19.1. The third kappa shape index (κ3) is 4.39. The average molecular weight is 372 g/mol. The molecule has 1 aliphatic heterocycles. The highest BCUT2D eigenvalue weighted by Crippen LogP contribution is 2.28. The molecule has 1 N–H and O–H groups in total. The van der Waals surface area contributed by atoms with Crippen LogP contribution in [-0.4, -0.2) is 63.0 Å². The lowest BCUT2D eigenvalue weighted by Crippen LogP contribution is -2.55. The maximum Gasteiger partial charge on any atom is 0.123 e. The molecule has 0 radical (unpaired) electrons. The second kappa shape index (κ2) is 8.50. The third-order valence-electron chi connectivity index (χ3n) is 6.00. The van der Waals surface area contributed by atoms with E-state index >= 15 is 0 Å². The van der Waals surface area contributed by atoms with Gasteiger partial charge in [-0.05, 0) is 43.5 Å². The number of aliphatic hydroxyl groups excluding tert-OH is 1. The molecule has 1 aromatic carbocycles. The van der Waals surface area contributed by atoms with Crippen molar-refractivity contribution in [2.75, 3.05) is 26.2 Å². The summed E-state index contributed by atoms with van der Waals surface area (Å²) in [4.78, 5) is 5.12. The predicted octanol–water partition coefficient (Wildman–Crippen LogP) is 2.82. The molecule has 1 saturated carbocycles. The summed E-state index contributed by atoms with van der Waals surface area (Å²) in [5, 5.41) is 14.0. The Kier molecular flexibility index (Phi) is 5.86. The summed E-state index contributed by atoms with van der Waals surface area (Å²) in [7, 11) is 0. The first-order valence-electron chi connectivity index (χ1n) is 10.1. The number of aliphatic hydroxyl groups is 1. The summed E-state index contributed by atoms with van der Waals surface area (Å²) in [5.41, 5.74) is 2.03. The molecule has 1 saturated heterocycles. The van der Waals surface area contributed by atoms with Crippen molar-refractivity contribution in [3.8, 4) is 5.69 Å². The van der Waals surface area contributed by atoms with Gasteiger partial charge in [0, 0.05) is 56.6 Å². The van der Waals surface area contributed by atoms with Crippen molar-refractivity contribution in [2.45, 2.75) is 50.7 Å². The molecular weight excluding hydrogens is 343 g/mol. The van der Waals surface area contributed by atoms with E-state index in [0.29, 0.717) is 12.1 Å². The number of piperazine rings is 1. The molecule has 1 aliphatic carbocycles.